The van der Waals surface area contributed by atoms with Gasteiger partial charge in [0.25, 0.3) is 5.91 Å². The Balaban J connectivity index is 1.14. The van der Waals surface area contributed by atoms with Gasteiger partial charge >= 0.3 is 6.09 Å². The van der Waals surface area contributed by atoms with Crippen LogP contribution in [0.5, 0.6) is 11.5 Å². The summed E-state index contributed by atoms with van der Waals surface area (Å²) in [6.45, 7) is 7.12. The van der Waals surface area contributed by atoms with Crippen molar-refractivity contribution < 1.29 is 41.8 Å². The standard InChI is InChI=1S/C43H54N6O9S2/c1-24-34(56-5)18-17-29-35(20-31(44-36(24)29)38-45-32(23-59-38)25-13-14-25)57-27-19-33-37(50)47-43(40(52)48-60(54,55)28-15-16-28)21-26(43)11-9-7-6-8-10-12-30(39(51)49(33)22-27)46-41(53)58-42(2,3)4/h9,11,17-18,20,23,25-28,30,33H,6-8,10,12-16,19,21-22H2,1-5H3,(H,46,53)(H,47,50)(H,48,52)/b11-9-/t26-,27-,30+,33+,43-/m1/s1. The van der Waals surface area contributed by atoms with E-state index in [0.717, 1.165) is 41.9 Å². The first-order valence-electron chi connectivity index (χ1n) is 21.0. The molecule has 3 N–H and O–H groups in total. The van der Waals surface area contributed by atoms with Crippen molar-refractivity contribution in [3.05, 3.63) is 47.0 Å². The first-order chi connectivity index (χ1) is 28.5. The summed E-state index contributed by atoms with van der Waals surface area (Å²) in [5.74, 6) is -0.725. The minimum atomic E-state index is -3.91. The van der Waals surface area contributed by atoms with Crippen LogP contribution in [0.4, 0.5) is 4.79 Å². The highest BCUT2D eigenvalue weighted by molar-refractivity contribution is 7.91. The van der Waals surface area contributed by atoms with Crippen LogP contribution in [0.1, 0.15) is 109 Å². The molecule has 17 heteroatoms. The lowest BCUT2D eigenvalue weighted by molar-refractivity contribution is -0.141. The number of carbonyl (C=O) groups is 4. The highest BCUT2D eigenvalue weighted by Crippen LogP contribution is 2.47. The monoisotopic (exact) mass is 862 g/mol. The summed E-state index contributed by atoms with van der Waals surface area (Å²) in [7, 11) is -2.31. The number of thiazole rings is 1. The number of alkyl carbamates (subject to hydrolysis) is 1. The van der Waals surface area contributed by atoms with Crippen LogP contribution < -0.4 is 24.8 Å². The molecule has 8 rings (SSSR count). The first-order valence-corrected chi connectivity index (χ1v) is 23.4. The zero-order valence-corrected chi connectivity index (χ0v) is 36.4. The summed E-state index contributed by atoms with van der Waals surface area (Å²) in [4.78, 5) is 67.7. The van der Waals surface area contributed by atoms with Crippen molar-refractivity contribution in [3.8, 4) is 22.2 Å². The maximum atomic E-state index is 14.7. The molecule has 60 heavy (non-hydrogen) atoms. The molecule has 4 fully saturated rings. The molecule has 3 aromatic rings. The van der Waals surface area contributed by atoms with E-state index in [1.54, 1.807) is 27.9 Å². The fourth-order valence-corrected chi connectivity index (χ4v) is 10.5. The van der Waals surface area contributed by atoms with Gasteiger partial charge in [-0.15, -0.1) is 11.3 Å². The number of sulfonamides is 1. The average Bonchev–Trinajstić information content (AvgIpc) is 4.14. The number of hydrogen-bond donors (Lipinski definition) is 3. The van der Waals surface area contributed by atoms with E-state index in [1.165, 1.54) is 16.2 Å². The van der Waals surface area contributed by atoms with Gasteiger partial charge in [0.2, 0.25) is 21.8 Å². The fraction of sp³-hybridized carbons (Fsp3) is 0.581. The van der Waals surface area contributed by atoms with Crippen LogP contribution in [0, 0.1) is 12.8 Å². The first kappa shape index (κ1) is 41.9. The number of ether oxygens (including phenoxy) is 3. The van der Waals surface area contributed by atoms with Gasteiger partial charge in [-0.25, -0.2) is 23.2 Å². The van der Waals surface area contributed by atoms with Gasteiger partial charge in [-0.05, 0) is 91.2 Å². The lowest BCUT2D eigenvalue weighted by Gasteiger charge is -2.30. The van der Waals surface area contributed by atoms with Crippen LogP contribution in [0.25, 0.3) is 21.6 Å². The SMILES string of the molecule is COc1ccc2c(O[C@@H]3C[C@H]4C(=O)N[C@]5(C(=O)NS(=O)(=O)C6CC6)C[C@H]5/C=C\CCCCC[C@H](NC(=O)OC(C)(C)C)C(=O)N4C3)cc(-c3nc(C4CC4)cs3)nc2c1C. The van der Waals surface area contributed by atoms with Gasteiger partial charge in [0.15, 0.2) is 0 Å². The molecule has 5 aliphatic rings. The molecule has 322 valence electrons. The second kappa shape index (κ2) is 16.3. The minimum Gasteiger partial charge on any atom is -0.496 e. The molecular formula is C43H54N6O9S2. The van der Waals surface area contributed by atoms with Gasteiger partial charge in [0.1, 0.15) is 51.5 Å². The molecule has 3 saturated carbocycles. The van der Waals surface area contributed by atoms with E-state index in [9.17, 15) is 27.6 Å². The van der Waals surface area contributed by atoms with Gasteiger partial charge < -0.3 is 29.7 Å². The summed E-state index contributed by atoms with van der Waals surface area (Å²) in [6, 6.07) is 3.42. The van der Waals surface area contributed by atoms with Crippen molar-refractivity contribution in [2.75, 3.05) is 13.7 Å². The van der Waals surface area contributed by atoms with Crippen molar-refractivity contribution >= 4 is 56.1 Å². The number of fused-ring (bicyclic) bond motifs is 3. The molecule has 2 aromatic heterocycles. The molecule has 3 aliphatic carbocycles. The van der Waals surface area contributed by atoms with Crippen molar-refractivity contribution in [1.82, 2.24) is 30.2 Å². The largest absolute Gasteiger partial charge is 0.496 e. The second-order valence-electron chi connectivity index (χ2n) is 17.8. The fourth-order valence-electron chi connectivity index (χ4n) is 8.25. The number of carbonyl (C=O) groups excluding carboxylic acids is 4. The van der Waals surface area contributed by atoms with E-state index in [4.69, 9.17) is 24.2 Å². The lowest BCUT2D eigenvalue weighted by atomic mass is 10.0. The third-order valence-corrected chi connectivity index (χ3v) is 14.6. The van der Waals surface area contributed by atoms with Gasteiger partial charge in [0, 0.05) is 40.7 Å². The zero-order chi connectivity index (χ0) is 42.6. The highest BCUT2D eigenvalue weighted by atomic mass is 32.2. The quantitative estimate of drug-likeness (QED) is 0.220. The Kier molecular flexibility index (Phi) is 11.4. The number of amides is 4. The smallest absolute Gasteiger partial charge is 0.408 e. The number of nitrogens with zero attached hydrogens (tertiary/aromatic N) is 3. The van der Waals surface area contributed by atoms with Crippen LogP contribution in [-0.2, 0) is 29.1 Å². The van der Waals surface area contributed by atoms with Crippen LogP contribution in [-0.4, -0.2) is 95.3 Å². The van der Waals surface area contributed by atoms with Crippen LogP contribution in [0.2, 0.25) is 0 Å². The molecule has 5 atom stereocenters. The normalized spacial score (nSPS) is 26.8. The molecule has 0 unspecified atom stereocenters. The molecule has 1 saturated heterocycles. The van der Waals surface area contributed by atoms with Crippen LogP contribution >= 0.6 is 11.3 Å². The summed E-state index contributed by atoms with van der Waals surface area (Å²) in [5, 5.41) is 8.59. The van der Waals surface area contributed by atoms with E-state index in [1.807, 2.05) is 37.3 Å². The number of rotatable bonds is 9. The predicted octanol–water partition coefficient (Wildman–Crippen LogP) is 5.80. The molecule has 0 radical (unpaired) electrons. The number of benzene rings is 1. The topological polar surface area (TPSA) is 195 Å². The van der Waals surface area contributed by atoms with E-state index in [-0.39, 0.29) is 19.4 Å². The van der Waals surface area contributed by atoms with Crippen LogP contribution in [0.3, 0.4) is 0 Å². The molecule has 4 heterocycles. The summed E-state index contributed by atoms with van der Waals surface area (Å²) in [5.41, 5.74) is 0.809. The second-order valence-corrected chi connectivity index (χ2v) is 20.7. The summed E-state index contributed by atoms with van der Waals surface area (Å²) >= 11 is 1.52. The van der Waals surface area contributed by atoms with Crippen LogP contribution in [0.15, 0.2) is 35.7 Å². The Labute approximate surface area is 354 Å². The van der Waals surface area contributed by atoms with E-state index >= 15 is 0 Å². The Morgan fingerprint density at radius 1 is 1.03 bits per heavy atom. The molecule has 15 nitrogen and oxygen atoms in total. The third kappa shape index (κ3) is 8.97. The lowest BCUT2D eigenvalue weighted by Crippen LogP contribution is -2.58. The van der Waals surface area contributed by atoms with E-state index in [2.05, 4.69) is 20.7 Å². The highest BCUT2D eigenvalue weighted by Gasteiger charge is 2.62. The van der Waals surface area contributed by atoms with Gasteiger partial charge in [-0.1, -0.05) is 25.0 Å². The number of pyridine rings is 1. The molecular weight excluding hydrogens is 809 g/mol. The Morgan fingerprint density at radius 2 is 1.82 bits per heavy atom. The van der Waals surface area contributed by atoms with E-state index < -0.39 is 74.3 Å². The van der Waals surface area contributed by atoms with E-state index in [0.29, 0.717) is 66.1 Å². The maximum absolute atomic E-state index is 14.7. The Bertz CT molecular complexity index is 2330. The molecule has 4 amide bonds. The summed E-state index contributed by atoms with van der Waals surface area (Å²) in [6.07, 6.45) is 8.95. The molecule has 1 aromatic carbocycles. The molecule has 0 spiro atoms. The Hall–Kier alpha value is -4.77. The molecule has 0 bridgehead atoms. The minimum absolute atomic E-state index is 0.0145. The number of hydrogen-bond acceptors (Lipinski definition) is 12. The number of allylic oxidation sites excluding steroid dienone is 1. The summed E-state index contributed by atoms with van der Waals surface area (Å²) < 4.78 is 46.2. The third-order valence-electron chi connectivity index (χ3n) is 11.9. The maximum Gasteiger partial charge on any atom is 0.408 e. The van der Waals surface area contributed by atoms with Crippen molar-refractivity contribution in [3.63, 3.8) is 0 Å². The molecule has 2 aliphatic heterocycles. The predicted molar refractivity (Wildman–Crippen MR) is 225 cm³/mol. The Morgan fingerprint density at radius 3 is 2.53 bits per heavy atom. The zero-order valence-electron chi connectivity index (χ0n) is 34.7. The average molecular weight is 863 g/mol. The number of methoxy groups -OCH3 is 1. The number of aryl methyl sites for hydroxylation is 1. The van der Waals surface area contributed by atoms with Crippen molar-refractivity contribution in [2.24, 2.45) is 5.92 Å². The number of aromatic nitrogens is 2. The van der Waals surface area contributed by atoms with Gasteiger partial charge in [0.05, 0.1) is 30.1 Å². The van der Waals surface area contributed by atoms with Crippen molar-refractivity contribution in [2.45, 2.75) is 139 Å². The van der Waals surface area contributed by atoms with Crippen molar-refractivity contribution in [1.29, 1.82) is 0 Å². The number of nitrogens with one attached hydrogen (secondary N) is 3. The van der Waals surface area contributed by atoms with Gasteiger partial charge in [-0.3, -0.25) is 19.1 Å². The van der Waals surface area contributed by atoms with Gasteiger partial charge in [-0.2, -0.15) is 0 Å².